The van der Waals surface area contributed by atoms with Gasteiger partial charge in [0.2, 0.25) is 0 Å². The Morgan fingerprint density at radius 3 is 2.04 bits per heavy atom. The summed E-state index contributed by atoms with van der Waals surface area (Å²) < 4.78 is 52.4. The van der Waals surface area contributed by atoms with Crippen molar-refractivity contribution >= 4 is 95.9 Å². The fraction of sp³-hybridized carbons (Fsp3) is 0.0213. The van der Waals surface area contributed by atoms with E-state index < -0.39 is 10.0 Å². The third kappa shape index (κ3) is 4.25. The van der Waals surface area contributed by atoms with Gasteiger partial charge in [-0.05, 0) is 60.2 Å². The van der Waals surface area contributed by atoms with Gasteiger partial charge in [-0.1, -0.05) is 121 Å². The molecule has 0 aliphatic carbocycles. The van der Waals surface area contributed by atoms with E-state index in [9.17, 15) is 0 Å². The smallest absolute Gasteiger partial charge is 0.268 e. The van der Waals surface area contributed by atoms with Gasteiger partial charge in [-0.3, -0.25) is 0 Å². The van der Waals surface area contributed by atoms with E-state index in [1.165, 1.54) is 10.0 Å². The Bertz CT molecular complexity index is 3480. The number of benzene rings is 8. The molecule has 7 heteroatoms. The second-order valence-corrected chi connectivity index (χ2v) is 16.7. The lowest BCUT2D eigenvalue weighted by atomic mass is 9.94. The fourth-order valence-corrected chi connectivity index (χ4v) is 11.3. The molecule has 11 rings (SSSR count). The highest BCUT2D eigenvalue weighted by atomic mass is 32.2. The van der Waals surface area contributed by atoms with E-state index in [1.54, 1.807) is 29.5 Å². The minimum absolute atomic E-state index is 0.208. The highest BCUT2D eigenvalue weighted by Crippen LogP contribution is 2.49. The first-order valence-electron chi connectivity index (χ1n) is 17.8. The molecule has 0 atom stereocenters. The van der Waals surface area contributed by atoms with Crippen molar-refractivity contribution in [3.05, 3.63) is 169 Å². The van der Waals surface area contributed by atoms with Gasteiger partial charge in [0.1, 0.15) is 5.82 Å². The van der Waals surface area contributed by atoms with E-state index in [1.807, 2.05) is 97.9 Å². The normalized spacial score (nSPS) is 12.4. The summed E-state index contributed by atoms with van der Waals surface area (Å²) in [5.74, 6) is -0.326. The van der Waals surface area contributed by atoms with Crippen LogP contribution in [0.3, 0.4) is 0 Å². The molecule has 0 aliphatic heterocycles. The summed E-state index contributed by atoms with van der Waals surface area (Å²) in [6.07, 6.45) is 0. The molecule has 0 unspecified atom stereocenters. The van der Waals surface area contributed by atoms with Gasteiger partial charge in [0.25, 0.3) is 10.0 Å². The lowest BCUT2D eigenvalue weighted by Crippen LogP contribution is -2.13. The molecule has 3 aromatic heterocycles. The number of para-hydroxylation sites is 3. The Hall–Kier alpha value is -6.28. The van der Waals surface area contributed by atoms with Gasteiger partial charge in [0.15, 0.2) is 0 Å². The number of fused-ring (bicyclic) bond motifs is 11. The minimum atomic E-state index is -4.12. The van der Waals surface area contributed by atoms with Gasteiger partial charge >= 0.3 is 0 Å². The third-order valence-corrected chi connectivity index (χ3v) is 13.8. The van der Waals surface area contributed by atoms with Crippen LogP contribution in [-0.2, 0) is 10.0 Å². The maximum absolute atomic E-state index is 16.4. The lowest BCUT2D eigenvalue weighted by Gasteiger charge is -2.19. The molecule has 0 amide bonds. The number of nitrogens with zero attached hydrogens (tertiary/aromatic N) is 2. The average Bonchev–Trinajstić information content (AvgIpc) is 3.87. The molecule has 3 heterocycles. The van der Waals surface area contributed by atoms with Gasteiger partial charge < -0.3 is 4.57 Å². The summed E-state index contributed by atoms with van der Waals surface area (Å²) in [6, 6.07) is 50.9. The number of aromatic nitrogens is 2. The second kappa shape index (κ2) is 11.4. The van der Waals surface area contributed by atoms with E-state index in [2.05, 4.69) is 47.0 Å². The van der Waals surface area contributed by atoms with Crippen molar-refractivity contribution in [3.8, 4) is 16.8 Å². The molecule has 54 heavy (non-hydrogen) atoms. The number of thiophene rings is 1. The molecule has 8 aromatic carbocycles. The molecular weight excluding hydrogens is 708 g/mol. The summed E-state index contributed by atoms with van der Waals surface area (Å²) in [6.45, 7) is 1.95. The topological polar surface area (TPSA) is 44.0 Å². The van der Waals surface area contributed by atoms with Crippen molar-refractivity contribution in [2.24, 2.45) is 0 Å². The minimum Gasteiger partial charge on any atom is -0.304 e. The zero-order chi connectivity index (χ0) is 36.3. The van der Waals surface area contributed by atoms with Crippen molar-refractivity contribution in [1.29, 1.82) is 0 Å². The number of hydrogen-bond acceptors (Lipinski definition) is 3. The van der Waals surface area contributed by atoms with E-state index in [4.69, 9.17) is 0 Å². The monoisotopic (exact) mass is 736 g/mol. The Labute approximate surface area is 313 Å². The summed E-state index contributed by atoms with van der Waals surface area (Å²) >= 11 is 1.67. The molecular formula is C47H29FN2O2S2. The molecule has 4 nitrogen and oxygen atoms in total. The second-order valence-electron chi connectivity index (χ2n) is 13.9. The summed E-state index contributed by atoms with van der Waals surface area (Å²) in [5.41, 5.74) is 5.86. The van der Waals surface area contributed by atoms with Crippen LogP contribution in [0.15, 0.2) is 163 Å². The largest absolute Gasteiger partial charge is 0.304 e. The molecule has 0 saturated carbocycles. The van der Waals surface area contributed by atoms with Crippen LogP contribution in [0.2, 0.25) is 0 Å². The first-order chi connectivity index (χ1) is 26.4. The average molecular weight is 737 g/mol. The van der Waals surface area contributed by atoms with Crippen molar-refractivity contribution in [2.45, 2.75) is 11.8 Å². The van der Waals surface area contributed by atoms with E-state index in [0.717, 1.165) is 80.4 Å². The molecule has 0 N–H and O–H groups in total. The molecule has 0 aliphatic rings. The molecule has 0 fully saturated rings. The van der Waals surface area contributed by atoms with Crippen LogP contribution < -0.4 is 0 Å². The number of aryl methyl sites for hydroxylation is 1. The van der Waals surface area contributed by atoms with Crippen LogP contribution in [0.4, 0.5) is 4.39 Å². The summed E-state index contributed by atoms with van der Waals surface area (Å²) in [7, 11) is -4.12. The molecule has 0 saturated heterocycles. The molecule has 0 spiro atoms. The highest BCUT2D eigenvalue weighted by Gasteiger charge is 2.29. The maximum Gasteiger partial charge on any atom is 0.268 e. The Kier molecular flexibility index (Phi) is 6.58. The summed E-state index contributed by atoms with van der Waals surface area (Å²) in [4.78, 5) is 0.208. The number of hydrogen-bond donors (Lipinski definition) is 0. The first-order valence-corrected chi connectivity index (χ1v) is 20.1. The maximum atomic E-state index is 16.4. The van der Waals surface area contributed by atoms with Gasteiger partial charge in [-0.2, -0.15) is 0 Å². The highest BCUT2D eigenvalue weighted by molar-refractivity contribution is 7.90. The Morgan fingerprint density at radius 1 is 0.556 bits per heavy atom. The fourth-order valence-electron chi connectivity index (χ4n) is 8.50. The molecule has 0 radical (unpaired) electrons. The SMILES string of the molecule is Cc1ccc(S(=O)(=O)n2c3ccccc3c3c4ccccc4cc(-c4ccc5c(sc6ccccc65)c4-n4c5ccccc5c5cccc(F)c54)c32)cc1. The van der Waals surface area contributed by atoms with Crippen LogP contribution in [-0.4, -0.2) is 17.0 Å². The first kappa shape index (κ1) is 31.3. The van der Waals surface area contributed by atoms with Crippen molar-refractivity contribution in [2.75, 3.05) is 0 Å². The third-order valence-electron chi connectivity index (χ3n) is 10.9. The van der Waals surface area contributed by atoms with Crippen LogP contribution in [0.25, 0.3) is 91.4 Å². The van der Waals surface area contributed by atoms with Gasteiger partial charge in [0.05, 0.1) is 37.3 Å². The standard InChI is InChI=1S/C47H29FN2O2S2/c1-28-21-23-30(24-22-28)54(51,52)50-41-19-8-5-15-37(41)43-31-12-3-2-11-29(31)27-38(45(43)50)35-25-26-36-33-14-6-9-20-42(33)53-47(36)46(35)49-40-18-7-4-13-32(40)34-16-10-17-39(48)44(34)49/h2-27H,1H3. The zero-order valence-corrected chi connectivity index (χ0v) is 30.5. The molecule has 0 bridgehead atoms. The van der Waals surface area contributed by atoms with Gasteiger partial charge in [-0.25, -0.2) is 16.8 Å². The lowest BCUT2D eigenvalue weighted by molar-refractivity contribution is 0.590. The number of halogens is 1. The predicted octanol–water partition coefficient (Wildman–Crippen LogP) is 12.8. The zero-order valence-electron chi connectivity index (χ0n) is 28.9. The van der Waals surface area contributed by atoms with Crippen LogP contribution in [0, 0.1) is 12.7 Å². The quantitative estimate of drug-likeness (QED) is 0.181. The summed E-state index contributed by atoms with van der Waals surface area (Å²) in [5, 5.41) is 7.56. The van der Waals surface area contributed by atoms with E-state index >= 15 is 12.8 Å². The van der Waals surface area contributed by atoms with Crippen molar-refractivity contribution in [1.82, 2.24) is 8.54 Å². The van der Waals surface area contributed by atoms with Crippen molar-refractivity contribution in [3.63, 3.8) is 0 Å². The van der Waals surface area contributed by atoms with Gasteiger partial charge in [-0.15, -0.1) is 11.3 Å². The van der Waals surface area contributed by atoms with Crippen LogP contribution in [0.1, 0.15) is 5.56 Å². The van der Waals surface area contributed by atoms with Gasteiger partial charge in [0, 0.05) is 48.1 Å². The molecule has 11 aromatic rings. The number of rotatable bonds is 4. The van der Waals surface area contributed by atoms with E-state index in [-0.39, 0.29) is 10.7 Å². The van der Waals surface area contributed by atoms with E-state index in [0.29, 0.717) is 16.6 Å². The van der Waals surface area contributed by atoms with Crippen LogP contribution in [0.5, 0.6) is 0 Å². The predicted molar refractivity (Wildman–Crippen MR) is 223 cm³/mol. The Balaban J connectivity index is 1.40. The van der Waals surface area contributed by atoms with Crippen molar-refractivity contribution < 1.29 is 12.8 Å². The van der Waals surface area contributed by atoms with Crippen LogP contribution >= 0.6 is 11.3 Å². The Morgan fingerprint density at radius 2 is 1.22 bits per heavy atom. The molecule has 258 valence electrons.